The Labute approximate surface area is 209 Å². The number of furan rings is 1. The fourth-order valence-corrected chi connectivity index (χ4v) is 4.52. The molecule has 36 heavy (non-hydrogen) atoms. The van der Waals surface area contributed by atoms with Gasteiger partial charge in [0.15, 0.2) is 0 Å². The van der Waals surface area contributed by atoms with E-state index in [2.05, 4.69) is 24.0 Å². The van der Waals surface area contributed by atoms with Crippen LogP contribution in [0.2, 0.25) is 0 Å². The number of aromatic nitrogens is 1. The fraction of sp³-hybridized carbons (Fsp3) is 0.233. The second-order valence-corrected chi connectivity index (χ2v) is 8.84. The molecule has 2 heterocycles. The molecule has 2 aromatic heterocycles. The zero-order valence-corrected chi connectivity index (χ0v) is 20.3. The lowest BCUT2D eigenvalue weighted by Crippen LogP contribution is -2.07. The van der Waals surface area contributed by atoms with Crippen LogP contribution < -0.4 is 9.47 Å². The van der Waals surface area contributed by atoms with E-state index >= 15 is 0 Å². The number of hydrogen-bond donors (Lipinski definition) is 2. The first kappa shape index (κ1) is 23.5. The van der Waals surface area contributed by atoms with E-state index in [1.165, 1.54) is 5.56 Å². The van der Waals surface area contributed by atoms with Gasteiger partial charge in [-0.15, -0.1) is 0 Å². The predicted octanol–water partition coefficient (Wildman–Crippen LogP) is 7.01. The molecule has 0 radical (unpaired) electrons. The van der Waals surface area contributed by atoms with Crippen LogP contribution in [0.3, 0.4) is 0 Å². The fourth-order valence-electron chi connectivity index (χ4n) is 4.52. The summed E-state index contributed by atoms with van der Waals surface area (Å²) in [6.07, 6.45) is 4.32. The van der Waals surface area contributed by atoms with Crippen molar-refractivity contribution in [1.29, 1.82) is 0 Å². The van der Waals surface area contributed by atoms with E-state index in [4.69, 9.17) is 13.9 Å². The molecule has 2 N–H and O–H groups in total. The van der Waals surface area contributed by atoms with E-state index in [0.717, 1.165) is 57.4 Å². The van der Waals surface area contributed by atoms with E-state index in [-0.39, 0.29) is 6.42 Å². The van der Waals surface area contributed by atoms with Crippen molar-refractivity contribution in [3.05, 3.63) is 84.1 Å². The van der Waals surface area contributed by atoms with E-state index in [9.17, 15) is 9.90 Å². The molecule has 3 aromatic carbocycles. The Morgan fingerprint density at radius 2 is 1.75 bits per heavy atom. The van der Waals surface area contributed by atoms with Crippen LogP contribution in [0.15, 0.2) is 77.3 Å². The average Bonchev–Trinajstić information content (AvgIpc) is 3.48. The number of carbonyl (C=O) groups is 1. The van der Waals surface area contributed by atoms with Gasteiger partial charge in [-0.25, -0.2) is 0 Å². The molecular weight excluding hydrogens is 454 g/mol. The van der Waals surface area contributed by atoms with E-state index < -0.39 is 5.97 Å². The number of H-pyrrole nitrogens is 1. The van der Waals surface area contributed by atoms with Crippen LogP contribution in [0.25, 0.3) is 33.2 Å². The summed E-state index contributed by atoms with van der Waals surface area (Å²) in [6, 6.07) is 22.0. The van der Waals surface area contributed by atoms with Gasteiger partial charge in [0.05, 0.1) is 19.6 Å². The third kappa shape index (κ3) is 5.08. The minimum atomic E-state index is -0.869. The molecule has 0 spiro atoms. The van der Waals surface area contributed by atoms with E-state index in [1.54, 1.807) is 6.20 Å². The average molecular weight is 484 g/mol. The maximum absolute atomic E-state index is 11.2. The lowest BCUT2D eigenvalue weighted by molar-refractivity contribution is -0.136. The van der Waals surface area contributed by atoms with Crippen LogP contribution in [-0.4, -0.2) is 29.3 Å². The monoisotopic (exact) mass is 483 g/mol. The SMILES string of the molecule is CCCc1cc2cc(-c3ccccc3)oc2cc1OCCCOc1cccc2[nH]cc(CC(=O)O)c12. The molecule has 5 rings (SSSR count). The first-order chi connectivity index (χ1) is 17.6. The molecule has 0 atom stereocenters. The second kappa shape index (κ2) is 10.6. The molecule has 0 saturated heterocycles. The third-order valence-electron chi connectivity index (χ3n) is 6.17. The Morgan fingerprint density at radius 1 is 0.944 bits per heavy atom. The highest BCUT2D eigenvalue weighted by Gasteiger charge is 2.14. The third-order valence-corrected chi connectivity index (χ3v) is 6.17. The maximum Gasteiger partial charge on any atom is 0.307 e. The molecule has 6 heteroatoms. The van der Waals surface area contributed by atoms with Crippen LogP contribution in [-0.2, 0) is 17.6 Å². The summed E-state index contributed by atoms with van der Waals surface area (Å²) < 4.78 is 18.3. The van der Waals surface area contributed by atoms with Gasteiger partial charge >= 0.3 is 5.97 Å². The second-order valence-electron chi connectivity index (χ2n) is 8.84. The number of aromatic amines is 1. The van der Waals surface area contributed by atoms with Crippen molar-refractivity contribution in [2.24, 2.45) is 0 Å². The first-order valence-electron chi connectivity index (χ1n) is 12.3. The highest BCUT2D eigenvalue weighted by molar-refractivity contribution is 5.92. The summed E-state index contributed by atoms with van der Waals surface area (Å²) in [6.45, 7) is 3.12. The molecule has 0 aliphatic heterocycles. The standard InChI is InChI=1S/C30H29NO5/c1-2-8-21-15-22-16-27(20-9-4-3-5-10-20)36-28(22)18-26(21)35-14-7-13-34-25-12-6-11-24-30(25)23(19-31-24)17-29(32)33/h3-6,9-12,15-16,18-19,31H,2,7-8,13-14,17H2,1H3,(H,32,33). The Kier molecular flexibility index (Phi) is 6.94. The Bertz CT molecular complexity index is 1480. The molecule has 6 nitrogen and oxygen atoms in total. The summed E-state index contributed by atoms with van der Waals surface area (Å²) in [5, 5.41) is 11.1. The summed E-state index contributed by atoms with van der Waals surface area (Å²) in [5.41, 5.74) is 4.61. The largest absolute Gasteiger partial charge is 0.493 e. The van der Waals surface area contributed by atoms with Gasteiger partial charge in [-0.2, -0.15) is 0 Å². The normalized spacial score (nSPS) is 11.2. The Hall–Kier alpha value is -4.19. The molecule has 184 valence electrons. The quantitative estimate of drug-likeness (QED) is 0.197. The van der Waals surface area contributed by atoms with Crippen LogP contribution in [0.5, 0.6) is 11.5 Å². The van der Waals surface area contributed by atoms with Crippen molar-refractivity contribution in [2.75, 3.05) is 13.2 Å². The van der Waals surface area contributed by atoms with Gasteiger partial charge in [-0.3, -0.25) is 4.79 Å². The zero-order valence-electron chi connectivity index (χ0n) is 20.3. The minimum absolute atomic E-state index is 0.0507. The van der Waals surface area contributed by atoms with Crippen LogP contribution in [0.4, 0.5) is 0 Å². The number of aryl methyl sites for hydroxylation is 1. The first-order valence-corrected chi connectivity index (χ1v) is 12.3. The highest BCUT2D eigenvalue weighted by Crippen LogP contribution is 2.33. The molecule has 0 bridgehead atoms. The lowest BCUT2D eigenvalue weighted by Gasteiger charge is -2.12. The number of aliphatic carboxylic acids is 1. The Balaban J connectivity index is 1.25. The number of rotatable bonds is 11. The maximum atomic E-state index is 11.2. The number of benzene rings is 3. The molecule has 0 saturated carbocycles. The molecule has 5 aromatic rings. The van der Waals surface area contributed by atoms with Gasteiger partial charge in [0.25, 0.3) is 0 Å². The highest BCUT2D eigenvalue weighted by atomic mass is 16.5. The molecule has 0 amide bonds. The predicted molar refractivity (Wildman–Crippen MR) is 141 cm³/mol. The molecule has 0 aliphatic carbocycles. The molecule has 0 unspecified atom stereocenters. The van der Waals surface area contributed by atoms with E-state index in [1.807, 2.05) is 54.6 Å². The van der Waals surface area contributed by atoms with E-state index in [0.29, 0.717) is 25.4 Å². The van der Waals surface area contributed by atoms with Crippen LogP contribution in [0, 0.1) is 0 Å². The smallest absolute Gasteiger partial charge is 0.307 e. The van der Waals surface area contributed by atoms with Gasteiger partial charge in [0.1, 0.15) is 22.8 Å². The van der Waals surface area contributed by atoms with Crippen LogP contribution in [0.1, 0.15) is 30.9 Å². The van der Waals surface area contributed by atoms with Crippen molar-refractivity contribution < 1.29 is 23.8 Å². The summed E-state index contributed by atoms with van der Waals surface area (Å²) in [7, 11) is 0. The zero-order chi connectivity index (χ0) is 24.9. The topological polar surface area (TPSA) is 84.7 Å². The van der Waals surface area contributed by atoms with Crippen molar-refractivity contribution in [2.45, 2.75) is 32.6 Å². The summed E-state index contributed by atoms with van der Waals surface area (Å²) in [4.78, 5) is 14.3. The lowest BCUT2D eigenvalue weighted by atomic mass is 10.1. The van der Waals surface area contributed by atoms with Gasteiger partial charge < -0.3 is 24.0 Å². The molecule has 0 fully saturated rings. The number of hydrogen-bond acceptors (Lipinski definition) is 4. The van der Waals surface area contributed by atoms with Gasteiger partial charge in [-0.05, 0) is 41.8 Å². The Morgan fingerprint density at radius 3 is 2.53 bits per heavy atom. The summed E-state index contributed by atoms with van der Waals surface area (Å²) >= 11 is 0. The van der Waals surface area contributed by atoms with Gasteiger partial charge in [0, 0.05) is 40.5 Å². The van der Waals surface area contributed by atoms with Crippen LogP contribution >= 0.6 is 0 Å². The number of nitrogens with one attached hydrogen (secondary N) is 1. The summed E-state index contributed by atoms with van der Waals surface area (Å²) in [5.74, 6) is 1.50. The number of fused-ring (bicyclic) bond motifs is 2. The number of carboxylic acid groups (broad SMARTS) is 1. The van der Waals surface area contributed by atoms with Crippen molar-refractivity contribution in [1.82, 2.24) is 4.98 Å². The molecule has 0 aliphatic rings. The molecular formula is C30H29NO5. The van der Waals surface area contributed by atoms with Gasteiger partial charge in [0.2, 0.25) is 0 Å². The number of carboxylic acids is 1. The van der Waals surface area contributed by atoms with Crippen molar-refractivity contribution in [3.8, 4) is 22.8 Å². The van der Waals surface area contributed by atoms with Crippen molar-refractivity contribution in [3.63, 3.8) is 0 Å². The number of ether oxygens (including phenoxy) is 2. The van der Waals surface area contributed by atoms with Gasteiger partial charge in [-0.1, -0.05) is 49.7 Å². The van der Waals surface area contributed by atoms with Crippen molar-refractivity contribution >= 4 is 27.8 Å². The minimum Gasteiger partial charge on any atom is -0.493 e.